The third-order valence-corrected chi connectivity index (χ3v) is 2.44. The molecule has 0 aromatic heterocycles. The van der Waals surface area contributed by atoms with Crippen LogP contribution in [-0.2, 0) is 9.53 Å². The van der Waals surface area contributed by atoms with Crippen LogP contribution in [0.2, 0.25) is 0 Å². The number of rotatable bonds is 1. The molecule has 0 saturated heterocycles. The van der Waals surface area contributed by atoms with Crippen LogP contribution in [0, 0.1) is 0 Å². The van der Waals surface area contributed by atoms with Crippen molar-refractivity contribution in [3.8, 4) is 0 Å². The maximum absolute atomic E-state index is 11.7. The summed E-state index contributed by atoms with van der Waals surface area (Å²) in [4.78, 5) is 23.4. The van der Waals surface area contributed by atoms with Gasteiger partial charge in [0.05, 0.1) is 5.70 Å². The van der Waals surface area contributed by atoms with Gasteiger partial charge in [-0.3, -0.25) is 4.79 Å². The third-order valence-electron chi connectivity index (χ3n) is 1.57. The summed E-state index contributed by atoms with van der Waals surface area (Å²) in [7, 11) is 0. The first-order valence-corrected chi connectivity index (χ1v) is 5.38. The minimum absolute atomic E-state index is 0.238. The largest absolute Gasteiger partial charge is 0.443 e. The molecule has 1 aliphatic heterocycles. The van der Waals surface area contributed by atoms with Crippen molar-refractivity contribution in [2.24, 2.45) is 5.73 Å². The minimum Gasteiger partial charge on any atom is -0.443 e. The predicted molar refractivity (Wildman–Crippen MR) is 57.8 cm³/mol. The first-order chi connectivity index (χ1) is 6.85. The summed E-state index contributed by atoms with van der Waals surface area (Å²) in [6.45, 7) is 5.26. The summed E-state index contributed by atoms with van der Waals surface area (Å²) < 4.78 is 5.12. The molecular formula is C9H14N2O3S. The molecule has 2 N–H and O–H groups in total. The number of carbonyl (C=O) groups is 2. The van der Waals surface area contributed by atoms with Gasteiger partial charge in [0, 0.05) is 5.41 Å². The van der Waals surface area contributed by atoms with E-state index in [1.807, 2.05) is 0 Å². The molecule has 0 spiro atoms. The zero-order valence-electron chi connectivity index (χ0n) is 8.89. The van der Waals surface area contributed by atoms with Crippen LogP contribution in [-0.4, -0.2) is 28.4 Å². The molecule has 6 heteroatoms. The summed E-state index contributed by atoms with van der Waals surface area (Å²) in [6.07, 6.45) is -0.0117. The Morgan fingerprint density at radius 1 is 1.67 bits per heavy atom. The van der Waals surface area contributed by atoms with Crippen LogP contribution in [0.5, 0.6) is 0 Å². The van der Waals surface area contributed by atoms with Crippen LogP contribution in [0.1, 0.15) is 20.8 Å². The standard InChI is InChI=1S/C9H14N2O3S/c1-9(2,3)14-8(13)11-6(4-12)5-15-7(11)10/h4-5,7H,10H2,1-3H3/t7-/m1/s1. The second-order valence-electron chi connectivity index (χ2n) is 4.04. The van der Waals surface area contributed by atoms with E-state index in [4.69, 9.17) is 10.5 Å². The average Bonchev–Trinajstić information content (AvgIpc) is 2.43. The van der Waals surface area contributed by atoms with Gasteiger partial charge in [0.15, 0.2) is 6.29 Å². The van der Waals surface area contributed by atoms with Crippen molar-refractivity contribution in [3.63, 3.8) is 0 Å². The molecule has 1 aliphatic rings. The molecule has 0 unspecified atom stereocenters. The van der Waals surface area contributed by atoms with Crippen molar-refractivity contribution >= 4 is 24.1 Å². The molecule has 84 valence electrons. The molecule has 0 aromatic carbocycles. The van der Waals surface area contributed by atoms with Crippen molar-refractivity contribution in [2.45, 2.75) is 31.9 Å². The van der Waals surface area contributed by atoms with Gasteiger partial charge in [0.2, 0.25) is 0 Å². The molecule has 0 fully saturated rings. The van der Waals surface area contributed by atoms with Crippen LogP contribution < -0.4 is 5.73 Å². The summed E-state index contributed by atoms with van der Waals surface area (Å²) in [5.41, 5.74) is 4.70. The lowest BCUT2D eigenvalue weighted by molar-refractivity contribution is -0.106. The molecule has 1 atom stereocenters. The molecule has 1 rings (SSSR count). The monoisotopic (exact) mass is 230 g/mol. The Kier molecular flexibility index (Phi) is 3.41. The highest BCUT2D eigenvalue weighted by atomic mass is 32.2. The fourth-order valence-corrected chi connectivity index (χ4v) is 1.79. The topological polar surface area (TPSA) is 72.6 Å². The van der Waals surface area contributed by atoms with E-state index in [2.05, 4.69) is 0 Å². The van der Waals surface area contributed by atoms with Crippen LogP contribution in [0.3, 0.4) is 0 Å². The third kappa shape index (κ3) is 2.97. The highest BCUT2D eigenvalue weighted by molar-refractivity contribution is 8.02. The van der Waals surface area contributed by atoms with Gasteiger partial charge in [0.25, 0.3) is 0 Å². The molecule has 0 saturated carbocycles. The first-order valence-electron chi connectivity index (χ1n) is 4.44. The molecule has 0 bridgehead atoms. The zero-order chi connectivity index (χ0) is 11.6. The summed E-state index contributed by atoms with van der Waals surface area (Å²) >= 11 is 1.20. The van der Waals surface area contributed by atoms with E-state index in [9.17, 15) is 9.59 Å². The van der Waals surface area contributed by atoms with E-state index in [0.717, 1.165) is 4.90 Å². The van der Waals surface area contributed by atoms with Gasteiger partial charge in [-0.25, -0.2) is 9.69 Å². The summed E-state index contributed by atoms with van der Waals surface area (Å²) in [5, 5.41) is 1.54. The van der Waals surface area contributed by atoms with Gasteiger partial charge in [-0.15, -0.1) is 0 Å². The summed E-state index contributed by atoms with van der Waals surface area (Å²) in [6, 6.07) is 0. The molecule has 1 amide bonds. The fraction of sp³-hybridized carbons (Fsp3) is 0.556. The number of carbonyl (C=O) groups excluding carboxylic acids is 2. The second kappa shape index (κ2) is 4.24. The van der Waals surface area contributed by atoms with Gasteiger partial charge in [-0.1, -0.05) is 11.8 Å². The van der Waals surface area contributed by atoms with E-state index in [-0.39, 0.29) is 5.70 Å². The van der Waals surface area contributed by atoms with E-state index >= 15 is 0 Å². The van der Waals surface area contributed by atoms with Gasteiger partial charge in [-0.05, 0) is 20.8 Å². The van der Waals surface area contributed by atoms with Gasteiger partial charge < -0.3 is 10.5 Å². The number of hydrogen-bond acceptors (Lipinski definition) is 5. The van der Waals surface area contributed by atoms with Crippen LogP contribution in [0.25, 0.3) is 0 Å². The summed E-state index contributed by atoms with van der Waals surface area (Å²) in [5.74, 6) is 0. The Hall–Kier alpha value is -1.01. The number of amides is 1. The Balaban J connectivity index is 2.74. The zero-order valence-corrected chi connectivity index (χ0v) is 9.71. The van der Waals surface area contributed by atoms with Gasteiger partial charge in [-0.2, -0.15) is 0 Å². The molecule has 0 aromatic rings. The highest BCUT2D eigenvalue weighted by Crippen LogP contribution is 2.28. The predicted octanol–water partition coefficient (Wildman–Crippen LogP) is 1.25. The first kappa shape index (κ1) is 12.1. The van der Waals surface area contributed by atoms with Crippen molar-refractivity contribution in [2.75, 3.05) is 0 Å². The number of nitrogens with two attached hydrogens (primary N) is 1. The molecular weight excluding hydrogens is 216 g/mol. The average molecular weight is 230 g/mol. The lowest BCUT2D eigenvalue weighted by atomic mass is 10.2. The quantitative estimate of drug-likeness (QED) is 0.686. The molecule has 0 aliphatic carbocycles. The maximum Gasteiger partial charge on any atom is 0.416 e. The van der Waals surface area contributed by atoms with Gasteiger partial charge >= 0.3 is 6.09 Å². The van der Waals surface area contributed by atoms with E-state index in [1.165, 1.54) is 11.8 Å². The Bertz CT molecular complexity index is 309. The Morgan fingerprint density at radius 3 is 2.73 bits per heavy atom. The number of aldehydes is 1. The lowest BCUT2D eigenvalue weighted by Crippen LogP contribution is -2.43. The fourth-order valence-electron chi connectivity index (χ4n) is 1.01. The van der Waals surface area contributed by atoms with Crippen molar-refractivity contribution < 1.29 is 14.3 Å². The smallest absolute Gasteiger partial charge is 0.416 e. The van der Waals surface area contributed by atoms with Crippen molar-refractivity contribution in [3.05, 3.63) is 11.1 Å². The number of nitrogens with zero attached hydrogens (tertiary/aromatic N) is 1. The SMILES string of the molecule is CC(C)(C)OC(=O)N1C(C=O)=CS[C@@H]1N. The number of allylic oxidation sites excluding steroid dienone is 1. The molecule has 0 radical (unpaired) electrons. The van der Waals surface area contributed by atoms with Crippen molar-refractivity contribution in [1.82, 2.24) is 4.90 Å². The van der Waals surface area contributed by atoms with Crippen LogP contribution in [0.4, 0.5) is 4.79 Å². The van der Waals surface area contributed by atoms with Crippen molar-refractivity contribution in [1.29, 1.82) is 0 Å². The highest BCUT2D eigenvalue weighted by Gasteiger charge is 2.32. The number of hydrogen-bond donors (Lipinski definition) is 1. The normalized spacial score (nSPS) is 21.2. The molecule has 5 nitrogen and oxygen atoms in total. The maximum atomic E-state index is 11.7. The van der Waals surface area contributed by atoms with Crippen LogP contribution in [0.15, 0.2) is 11.1 Å². The Morgan fingerprint density at radius 2 is 2.27 bits per heavy atom. The number of thioether (sulfide) groups is 1. The molecule has 1 heterocycles. The second-order valence-corrected chi connectivity index (χ2v) is 5.03. The van der Waals surface area contributed by atoms with E-state index < -0.39 is 17.2 Å². The lowest BCUT2D eigenvalue weighted by Gasteiger charge is -2.26. The van der Waals surface area contributed by atoms with E-state index in [0.29, 0.717) is 6.29 Å². The van der Waals surface area contributed by atoms with Crippen LogP contribution >= 0.6 is 11.8 Å². The van der Waals surface area contributed by atoms with E-state index in [1.54, 1.807) is 26.2 Å². The molecule has 15 heavy (non-hydrogen) atoms. The number of ether oxygens (including phenoxy) is 1. The minimum atomic E-state index is -0.599. The van der Waals surface area contributed by atoms with Gasteiger partial charge in [0.1, 0.15) is 11.1 Å². The Labute approximate surface area is 92.6 Å².